The number of benzene rings is 2. The third-order valence-corrected chi connectivity index (χ3v) is 4.77. The Morgan fingerprint density at radius 3 is 2.61 bits per heavy atom. The Kier molecular flexibility index (Phi) is 6.03. The van der Waals surface area contributed by atoms with Gasteiger partial charge >= 0.3 is 0 Å². The summed E-state index contributed by atoms with van der Waals surface area (Å²) in [5, 5.41) is 13.7. The van der Waals surface area contributed by atoms with Gasteiger partial charge in [-0.3, -0.25) is 14.9 Å². The smallest absolute Gasteiger partial charge is 0.287 e. The molecule has 7 heteroatoms. The molecule has 0 aliphatic carbocycles. The zero-order valence-corrected chi connectivity index (χ0v) is 16.1. The lowest BCUT2D eigenvalue weighted by molar-refractivity contribution is -0.384. The van der Waals surface area contributed by atoms with E-state index in [0.29, 0.717) is 23.8 Å². The molecule has 2 N–H and O–H groups in total. The summed E-state index contributed by atoms with van der Waals surface area (Å²) in [5.74, 6) is 0.511. The third-order valence-electron chi connectivity index (χ3n) is 4.77. The van der Waals surface area contributed by atoms with Crippen molar-refractivity contribution in [1.29, 1.82) is 0 Å². The number of H-pyrrole nitrogens is 1. The second kappa shape index (κ2) is 8.65. The van der Waals surface area contributed by atoms with E-state index in [4.69, 9.17) is 0 Å². The number of nitrogens with one attached hydrogen (secondary N) is 2. The molecule has 146 valence electrons. The second-order valence-electron chi connectivity index (χ2n) is 7.08. The van der Waals surface area contributed by atoms with E-state index in [0.717, 1.165) is 35.9 Å². The minimum Gasteiger partial charge on any atom is -0.349 e. The molecular weight excluding hydrogens is 356 g/mol. The molecule has 0 saturated heterocycles. The highest BCUT2D eigenvalue weighted by Crippen LogP contribution is 2.25. The highest BCUT2D eigenvalue weighted by molar-refractivity contribution is 5.94. The van der Waals surface area contributed by atoms with Gasteiger partial charge in [0.25, 0.3) is 11.6 Å². The van der Waals surface area contributed by atoms with E-state index >= 15 is 0 Å². The fourth-order valence-electron chi connectivity index (χ4n) is 3.08. The standard InChI is InChI=1S/C21H24N4O3/c1-3-4-5-14(2)13-22-21(26)20-23-18-11-8-16(12-19(18)24-20)15-6-9-17(10-7-15)25(27)28/h6-12,14H,3-5,13H2,1-2H3,(H,22,26)(H,23,24)/t14-/m0/s1. The third kappa shape index (κ3) is 4.54. The van der Waals surface area contributed by atoms with Crippen LogP contribution in [0, 0.1) is 16.0 Å². The summed E-state index contributed by atoms with van der Waals surface area (Å²) in [6, 6.07) is 12.0. The fraction of sp³-hybridized carbons (Fsp3) is 0.333. The van der Waals surface area contributed by atoms with Gasteiger partial charge < -0.3 is 10.3 Å². The first-order valence-electron chi connectivity index (χ1n) is 9.50. The maximum absolute atomic E-state index is 12.4. The van der Waals surface area contributed by atoms with E-state index in [1.165, 1.54) is 12.1 Å². The maximum atomic E-state index is 12.4. The van der Waals surface area contributed by atoms with Crippen LogP contribution in [0.3, 0.4) is 0 Å². The molecule has 7 nitrogen and oxygen atoms in total. The van der Waals surface area contributed by atoms with Crippen LogP contribution in [-0.2, 0) is 0 Å². The molecule has 0 bridgehead atoms. The van der Waals surface area contributed by atoms with Crippen molar-refractivity contribution >= 4 is 22.6 Å². The Labute approximate surface area is 163 Å². The summed E-state index contributed by atoms with van der Waals surface area (Å²) in [6.45, 7) is 4.92. The highest BCUT2D eigenvalue weighted by atomic mass is 16.6. The van der Waals surface area contributed by atoms with E-state index in [2.05, 4.69) is 29.1 Å². The van der Waals surface area contributed by atoms with Crippen LogP contribution < -0.4 is 5.32 Å². The van der Waals surface area contributed by atoms with Crippen LogP contribution in [0.5, 0.6) is 0 Å². The zero-order valence-electron chi connectivity index (χ0n) is 16.1. The molecule has 0 fully saturated rings. The normalized spacial score (nSPS) is 12.1. The molecule has 0 unspecified atom stereocenters. The average Bonchev–Trinajstić information content (AvgIpc) is 3.14. The van der Waals surface area contributed by atoms with Crippen molar-refractivity contribution in [3.05, 3.63) is 58.4 Å². The summed E-state index contributed by atoms with van der Waals surface area (Å²) >= 11 is 0. The lowest BCUT2D eigenvalue weighted by Gasteiger charge is -2.10. The molecule has 0 radical (unpaired) electrons. The lowest BCUT2D eigenvalue weighted by atomic mass is 10.0. The minimum atomic E-state index is -0.421. The van der Waals surface area contributed by atoms with Gasteiger partial charge in [0.05, 0.1) is 16.0 Å². The van der Waals surface area contributed by atoms with Crippen LogP contribution in [0.1, 0.15) is 43.7 Å². The van der Waals surface area contributed by atoms with Gasteiger partial charge in [0, 0.05) is 18.7 Å². The largest absolute Gasteiger partial charge is 0.349 e. The summed E-state index contributed by atoms with van der Waals surface area (Å²) in [6.07, 6.45) is 3.40. The molecule has 0 saturated carbocycles. The molecule has 1 atom stereocenters. The molecule has 28 heavy (non-hydrogen) atoms. The molecule has 2 aromatic carbocycles. The molecule has 1 aromatic heterocycles. The zero-order chi connectivity index (χ0) is 20.1. The monoisotopic (exact) mass is 380 g/mol. The average molecular weight is 380 g/mol. The number of aromatic amines is 1. The minimum absolute atomic E-state index is 0.0542. The number of non-ortho nitro benzene ring substituents is 1. The van der Waals surface area contributed by atoms with Crippen molar-refractivity contribution in [2.75, 3.05) is 6.54 Å². The predicted molar refractivity (Wildman–Crippen MR) is 109 cm³/mol. The Hall–Kier alpha value is -3.22. The predicted octanol–water partition coefficient (Wildman–Crippen LogP) is 4.69. The van der Waals surface area contributed by atoms with Crippen LogP contribution in [-0.4, -0.2) is 27.3 Å². The number of nitro groups is 1. The van der Waals surface area contributed by atoms with Crippen LogP contribution in [0.4, 0.5) is 5.69 Å². The molecule has 0 aliphatic heterocycles. The molecule has 3 aromatic rings. The van der Waals surface area contributed by atoms with Crippen molar-refractivity contribution in [2.45, 2.75) is 33.1 Å². The molecule has 1 amide bonds. The number of carbonyl (C=O) groups is 1. The SMILES string of the molecule is CCCC[C@H](C)CNC(=O)c1nc2ccc(-c3ccc([N+](=O)[O-])cc3)cc2[nH]1. The van der Waals surface area contributed by atoms with Crippen LogP contribution in [0.15, 0.2) is 42.5 Å². The lowest BCUT2D eigenvalue weighted by Crippen LogP contribution is -2.29. The molecule has 0 spiro atoms. The van der Waals surface area contributed by atoms with E-state index in [1.54, 1.807) is 12.1 Å². The van der Waals surface area contributed by atoms with E-state index < -0.39 is 4.92 Å². The van der Waals surface area contributed by atoms with Crippen molar-refractivity contribution in [2.24, 2.45) is 5.92 Å². The molecule has 0 aliphatic rings. The Balaban J connectivity index is 1.73. The van der Waals surface area contributed by atoms with Gasteiger partial charge in [0.2, 0.25) is 0 Å². The number of nitrogens with zero attached hydrogens (tertiary/aromatic N) is 2. The number of amides is 1. The Morgan fingerprint density at radius 1 is 1.21 bits per heavy atom. The molecular formula is C21H24N4O3. The van der Waals surface area contributed by atoms with Gasteiger partial charge in [0.1, 0.15) is 0 Å². The first kappa shape index (κ1) is 19.5. The summed E-state index contributed by atoms with van der Waals surface area (Å²) in [7, 11) is 0. The maximum Gasteiger partial charge on any atom is 0.287 e. The number of imidazole rings is 1. The second-order valence-corrected chi connectivity index (χ2v) is 7.08. The topological polar surface area (TPSA) is 101 Å². The number of carbonyl (C=O) groups excluding carboxylic acids is 1. The molecule has 1 heterocycles. The van der Waals surface area contributed by atoms with Gasteiger partial charge in [0.15, 0.2) is 5.82 Å². The Bertz CT molecular complexity index is 979. The first-order valence-corrected chi connectivity index (χ1v) is 9.50. The van der Waals surface area contributed by atoms with Gasteiger partial charge in [-0.25, -0.2) is 4.98 Å². The summed E-state index contributed by atoms with van der Waals surface area (Å²) < 4.78 is 0. The number of fused-ring (bicyclic) bond motifs is 1. The number of hydrogen-bond acceptors (Lipinski definition) is 4. The van der Waals surface area contributed by atoms with Crippen LogP contribution in [0.2, 0.25) is 0 Å². The Morgan fingerprint density at radius 2 is 1.93 bits per heavy atom. The van der Waals surface area contributed by atoms with Crippen LogP contribution in [0.25, 0.3) is 22.2 Å². The van der Waals surface area contributed by atoms with Crippen molar-refractivity contribution in [3.8, 4) is 11.1 Å². The van der Waals surface area contributed by atoms with Crippen molar-refractivity contribution in [3.63, 3.8) is 0 Å². The van der Waals surface area contributed by atoms with Gasteiger partial charge in [-0.05, 0) is 47.7 Å². The quantitative estimate of drug-likeness (QED) is 0.437. The number of nitro benzene ring substituents is 1. The number of rotatable bonds is 8. The van der Waals surface area contributed by atoms with Gasteiger partial charge in [-0.2, -0.15) is 0 Å². The van der Waals surface area contributed by atoms with Crippen molar-refractivity contribution in [1.82, 2.24) is 15.3 Å². The van der Waals surface area contributed by atoms with Gasteiger partial charge in [-0.1, -0.05) is 32.8 Å². The fourth-order valence-corrected chi connectivity index (χ4v) is 3.08. The van der Waals surface area contributed by atoms with E-state index in [1.807, 2.05) is 18.2 Å². The number of aromatic nitrogens is 2. The number of unbranched alkanes of at least 4 members (excludes halogenated alkanes) is 1. The van der Waals surface area contributed by atoms with E-state index in [9.17, 15) is 14.9 Å². The van der Waals surface area contributed by atoms with Crippen molar-refractivity contribution < 1.29 is 9.72 Å². The first-order chi connectivity index (χ1) is 13.5. The van der Waals surface area contributed by atoms with E-state index in [-0.39, 0.29) is 11.6 Å². The molecule has 3 rings (SSSR count). The van der Waals surface area contributed by atoms with Crippen LogP contribution >= 0.6 is 0 Å². The highest BCUT2D eigenvalue weighted by Gasteiger charge is 2.13. The van der Waals surface area contributed by atoms with Gasteiger partial charge in [-0.15, -0.1) is 0 Å². The number of hydrogen-bond donors (Lipinski definition) is 2. The summed E-state index contributed by atoms with van der Waals surface area (Å²) in [5.41, 5.74) is 3.26. The summed E-state index contributed by atoms with van der Waals surface area (Å²) in [4.78, 5) is 30.2.